The number of aromatic nitrogens is 1. The molecule has 1 aromatic heterocycles. The molecular formula is C9H3F5N2O2. The second kappa shape index (κ2) is 4.56. The number of hydrogen-bond acceptors (Lipinski definition) is 3. The van der Waals surface area contributed by atoms with Crippen LogP contribution in [-0.2, 0) is 6.18 Å². The number of nitriles is 1. The van der Waals surface area contributed by atoms with Gasteiger partial charge in [0.1, 0.15) is 17.3 Å². The predicted octanol–water partition coefficient (Wildman–Crippen LogP) is 2.61. The number of carbonyl (C=O) groups is 1. The zero-order chi connectivity index (χ0) is 14.1. The number of halogens is 5. The molecule has 0 saturated carbocycles. The van der Waals surface area contributed by atoms with E-state index in [0.29, 0.717) is 0 Å². The first-order valence-electron chi connectivity index (χ1n) is 4.22. The first-order chi connectivity index (χ1) is 8.18. The van der Waals surface area contributed by atoms with Crippen LogP contribution in [0.3, 0.4) is 0 Å². The molecule has 1 heterocycles. The second-order valence-electron chi connectivity index (χ2n) is 3.03. The summed E-state index contributed by atoms with van der Waals surface area (Å²) in [5.41, 5.74) is -5.85. The van der Waals surface area contributed by atoms with E-state index in [2.05, 4.69) is 4.98 Å². The fourth-order valence-electron chi connectivity index (χ4n) is 1.21. The van der Waals surface area contributed by atoms with E-state index in [4.69, 9.17) is 10.4 Å². The molecule has 96 valence electrons. The van der Waals surface area contributed by atoms with Gasteiger partial charge in [-0.3, -0.25) is 0 Å². The first kappa shape index (κ1) is 13.8. The van der Waals surface area contributed by atoms with Crippen molar-refractivity contribution in [1.29, 1.82) is 5.26 Å². The van der Waals surface area contributed by atoms with Crippen LogP contribution < -0.4 is 0 Å². The lowest BCUT2D eigenvalue weighted by molar-refractivity contribution is -0.138. The maximum absolute atomic E-state index is 12.5. The summed E-state index contributed by atoms with van der Waals surface area (Å²) < 4.78 is 62.3. The Hall–Kier alpha value is -2.24. The number of hydrogen-bond donors (Lipinski definition) is 1. The molecule has 0 saturated heterocycles. The van der Waals surface area contributed by atoms with Crippen LogP contribution in [0.2, 0.25) is 0 Å². The van der Waals surface area contributed by atoms with E-state index in [1.54, 1.807) is 0 Å². The Labute approximate surface area is 96.3 Å². The summed E-state index contributed by atoms with van der Waals surface area (Å²) in [6, 6.07) is 1.07. The lowest BCUT2D eigenvalue weighted by Gasteiger charge is -2.12. The average Bonchev–Trinajstić information content (AvgIpc) is 2.25. The Balaban J connectivity index is 3.69. The molecule has 18 heavy (non-hydrogen) atoms. The van der Waals surface area contributed by atoms with Crippen molar-refractivity contribution in [1.82, 2.24) is 4.98 Å². The molecule has 9 heteroatoms. The van der Waals surface area contributed by atoms with Gasteiger partial charge >= 0.3 is 12.1 Å². The molecule has 1 rings (SSSR count). The minimum Gasteiger partial charge on any atom is -0.478 e. The third-order valence-corrected chi connectivity index (χ3v) is 1.88. The lowest BCUT2D eigenvalue weighted by atomic mass is 10.0. The van der Waals surface area contributed by atoms with E-state index in [1.807, 2.05) is 0 Å². The number of carboxylic acids is 1. The Morgan fingerprint density at radius 1 is 1.44 bits per heavy atom. The summed E-state index contributed by atoms with van der Waals surface area (Å²) >= 11 is 0. The third kappa shape index (κ3) is 2.53. The van der Waals surface area contributed by atoms with Crippen LogP contribution in [0, 0.1) is 11.3 Å². The van der Waals surface area contributed by atoms with Crippen molar-refractivity contribution < 1.29 is 31.9 Å². The third-order valence-electron chi connectivity index (χ3n) is 1.88. The van der Waals surface area contributed by atoms with Crippen molar-refractivity contribution in [2.75, 3.05) is 0 Å². The number of pyridine rings is 1. The zero-order valence-corrected chi connectivity index (χ0v) is 8.29. The molecule has 0 aliphatic heterocycles. The quantitative estimate of drug-likeness (QED) is 0.835. The molecule has 0 amide bonds. The average molecular weight is 266 g/mol. The molecular weight excluding hydrogens is 263 g/mol. The molecule has 0 radical (unpaired) electrons. The smallest absolute Gasteiger partial charge is 0.420 e. The van der Waals surface area contributed by atoms with E-state index in [1.165, 1.54) is 0 Å². The van der Waals surface area contributed by atoms with Crippen molar-refractivity contribution in [2.24, 2.45) is 0 Å². The normalized spacial score (nSPS) is 11.4. The van der Waals surface area contributed by atoms with Gasteiger partial charge in [0, 0.05) is 0 Å². The highest BCUT2D eigenvalue weighted by Gasteiger charge is 2.40. The van der Waals surface area contributed by atoms with E-state index < -0.39 is 41.1 Å². The van der Waals surface area contributed by atoms with E-state index in [9.17, 15) is 26.7 Å². The number of nitrogens with zero attached hydrogens (tertiary/aromatic N) is 2. The topological polar surface area (TPSA) is 74.0 Å². The van der Waals surface area contributed by atoms with Crippen molar-refractivity contribution in [3.8, 4) is 6.07 Å². The predicted molar refractivity (Wildman–Crippen MR) is 45.9 cm³/mol. The van der Waals surface area contributed by atoms with Crippen LogP contribution >= 0.6 is 0 Å². The van der Waals surface area contributed by atoms with E-state index in [0.717, 1.165) is 6.07 Å². The molecule has 0 spiro atoms. The minimum absolute atomic E-state index is 0.108. The molecule has 0 aromatic carbocycles. The minimum atomic E-state index is -5.17. The Bertz CT molecular complexity index is 533. The first-order valence-corrected chi connectivity index (χ1v) is 4.22. The van der Waals surface area contributed by atoms with Crippen LogP contribution in [0.1, 0.15) is 33.7 Å². The summed E-state index contributed by atoms with van der Waals surface area (Å²) in [5, 5.41) is 17.0. The highest BCUT2D eigenvalue weighted by atomic mass is 19.4. The van der Waals surface area contributed by atoms with Crippen LogP contribution in [0.5, 0.6) is 0 Å². The molecule has 0 bridgehead atoms. The molecule has 0 fully saturated rings. The zero-order valence-electron chi connectivity index (χ0n) is 8.29. The van der Waals surface area contributed by atoms with Crippen LogP contribution in [0.15, 0.2) is 6.07 Å². The fourth-order valence-corrected chi connectivity index (χ4v) is 1.21. The molecule has 0 aliphatic rings. The molecule has 1 N–H and O–H groups in total. The monoisotopic (exact) mass is 266 g/mol. The number of alkyl halides is 5. The summed E-state index contributed by atoms with van der Waals surface area (Å²) in [7, 11) is 0. The highest BCUT2D eigenvalue weighted by molar-refractivity contribution is 5.90. The highest BCUT2D eigenvalue weighted by Crippen LogP contribution is 2.35. The van der Waals surface area contributed by atoms with Gasteiger partial charge in [-0.2, -0.15) is 18.4 Å². The van der Waals surface area contributed by atoms with Crippen molar-refractivity contribution in [3.63, 3.8) is 0 Å². The van der Waals surface area contributed by atoms with Gasteiger partial charge in [-0.15, -0.1) is 0 Å². The maximum Gasteiger partial charge on any atom is 0.420 e. The summed E-state index contributed by atoms with van der Waals surface area (Å²) in [6.07, 6.45) is -8.45. The van der Waals surface area contributed by atoms with Gasteiger partial charge in [-0.05, 0) is 6.07 Å². The Morgan fingerprint density at radius 3 is 2.33 bits per heavy atom. The van der Waals surface area contributed by atoms with E-state index >= 15 is 0 Å². The molecule has 1 aromatic rings. The maximum atomic E-state index is 12.5. The largest absolute Gasteiger partial charge is 0.478 e. The van der Waals surface area contributed by atoms with Gasteiger partial charge in [0.05, 0.1) is 5.56 Å². The Kier molecular flexibility index (Phi) is 3.50. The van der Waals surface area contributed by atoms with Gasteiger partial charge in [-0.25, -0.2) is 18.6 Å². The Morgan fingerprint density at radius 2 is 2.00 bits per heavy atom. The summed E-state index contributed by atoms with van der Waals surface area (Å²) in [6.45, 7) is 0. The number of aromatic carboxylic acids is 1. The van der Waals surface area contributed by atoms with Gasteiger partial charge in [0.15, 0.2) is 5.69 Å². The summed E-state index contributed by atoms with van der Waals surface area (Å²) in [5.74, 6) is -2.07. The van der Waals surface area contributed by atoms with Gasteiger partial charge in [0.2, 0.25) is 0 Å². The SMILES string of the molecule is N#Cc1nc(C(F)F)cc(C(=O)O)c1C(F)(F)F. The van der Waals surface area contributed by atoms with Gasteiger partial charge in [0.25, 0.3) is 6.43 Å². The second-order valence-corrected chi connectivity index (χ2v) is 3.03. The summed E-state index contributed by atoms with van der Waals surface area (Å²) in [4.78, 5) is 13.4. The molecule has 4 nitrogen and oxygen atoms in total. The van der Waals surface area contributed by atoms with Crippen LogP contribution in [0.25, 0.3) is 0 Å². The van der Waals surface area contributed by atoms with Gasteiger partial charge in [-0.1, -0.05) is 0 Å². The van der Waals surface area contributed by atoms with Crippen molar-refractivity contribution in [3.05, 3.63) is 28.6 Å². The molecule has 0 atom stereocenters. The van der Waals surface area contributed by atoms with Crippen molar-refractivity contribution in [2.45, 2.75) is 12.6 Å². The van der Waals surface area contributed by atoms with Crippen LogP contribution in [0.4, 0.5) is 22.0 Å². The van der Waals surface area contributed by atoms with E-state index in [-0.39, 0.29) is 6.07 Å². The standard InChI is InChI=1S/C9H3F5N2O2/c10-7(11)4-1-3(8(17)18)6(9(12,13)14)5(2-15)16-4/h1,7H,(H,17,18). The molecule has 0 unspecified atom stereocenters. The lowest BCUT2D eigenvalue weighted by Crippen LogP contribution is -2.17. The number of rotatable bonds is 2. The fraction of sp³-hybridized carbons (Fsp3) is 0.222. The number of carboxylic acid groups (broad SMARTS) is 1. The van der Waals surface area contributed by atoms with Crippen molar-refractivity contribution >= 4 is 5.97 Å². The van der Waals surface area contributed by atoms with Gasteiger partial charge < -0.3 is 5.11 Å². The van der Waals surface area contributed by atoms with Crippen LogP contribution in [-0.4, -0.2) is 16.1 Å². The molecule has 0 aliphatic carbocycles.